The van der Waals surface area contributed by atoms with Crippen LogP contribution in [0.2, 0.25) is 0 Å². The third kappa shape index (κ3) is 1.63. The summed E-state index contributed by atoms with van der Waals surface area (Å²) in [7, 11) is 0. The molecule has 0 amide bonds. The van der Waals surface area contributed by atoms with Gasteiger partial charge in [-0.05, 0) is 19.3 Å². The second kappa shape index (κ2) is 3.37. The van der Waals surface area contributed by atoms with Crippen molar-refractivity contribution >= 4 is 17.9 Å². The number of hydrogen-bond donors (Lipinski definition) is 1. The average Bonchev–Trinajstić information content (AvgIpc) is 2.05. The van der Waals surface area contributed by atoms with Crippen molar-refractivity contribution < 1.29 is 9.90 Å². The van der Waals surface area contributed by atoms with Gasteiger partial charge in [0.05, 0.1) is 11.5 Å². The Morgan fingerprint density at radius 2 is 2.55 bits per heavy atom. The highest BCUT2D eigenvalue weighted by Crippen LogP contribution is 2.33. The molecule has 1 unspecified atom stereocenters. The maximum atomic E-state index is 10.5. The second-order valence-corrected chi connectivity index (χ2v) is 3.52. The molecule has 0 saturated heterocycles. The Morgan fingerprint density at radius 1 is 1.82 bits per heavy atom. The van der Waals surface area contributed by atoms with Crippen LogP contribution < -0.4 is 0 Å². The minimum absolute atomic E-state index is 0.154. The Morgan fingerprint density at radius 3 is 3.00 bits per heavy atom. The molecule has 0 aromatic rings. The lowest BCUT2D eigenvalue weighted by molar-refractivity contribution is -0.105. The monoisotopic (exact) mass is 174 g/mol. The van der Waals surface area contributed by atoms with Gasteiger partial charge in [-0.3, -0.25) is 4.79 Å². The van der Waals surface area contributed by atoms with E-state index in [9.17, 15) is 4.79 Å². The summed E-state index contributed by atoms with van der Waals surface area (Å²) in [4.78, 5) is 9.68. The molecule has 0 spiro atoms. The highest BCUT2D eigenvalue weighted by Gasteiger charge is 2.32. The Bertz CT molecular complexity index is 189. The molecule has 1 aliphatic carbocycles. The first kappa shape index (κ1) is 8.75. The highest BCUT2D eigenvalue weighted by atomic mass is 35.5. The van der Waals surface area contributed by atoms with Crippen molar-refractivity contribution in [2.75, 3.05) is 6.61 Å². The molecule has 0 aliphatic heterocycles. The standard InChI is InChI=1S/C8H11ClO2/c9-8(6-11)4-2-1-3-7(8)5-10/h3,5,11H,1-2,4,6H2. The number of aliphatic hydroxyl groups is 1. The minimum atomic E-state index is -0.792. The van der Waals surface area contributed by atoms with Crippen molar-refractivity contribution in [2.45, 2.75) is 24.1 Å². The van der Waals surface area contributed by atoms with Crippen molar-refractivity contribution in [3.63, 3.8) is 0 Å². The van der Waals surface area contributed by atoms with Gasteiger partial charge in [0, 0.05) is 5.57 Å². The topological polar surface area (TPSA) is 37.3 Å². The zero-order chi connectivity index (χ0) is 8.32. The molecule has 0 bridgehead atoms. The highest BCUT2D eigenvalue weighted by molar-refractivity contribution is 6.28. The van der Waals surface area contributed by atoms with Crippen LogP contribution in [0, 0.1) is 0 Å². The summed E-state index contributed by atoms with van der Waals surface area (Å²) in [6.45, 7) is -0.154. The number of allylic oxidation sites excluding steroid dienone is 1. The number of halogens is 1. The van der Waals surface area contributed by atoms with Crippen LogP contribution in [0.1, 0.15) is 19.3 Å². The van der Waals surface area contributed by atoms with Crippen LogP contribution in [-0.2, 0) is 4.79 Å². The quantitative estimate of drug-likeness (QED) is 0.506. The van der Waals surface area contributed by atoms with Crippen LogP contribution in [0.15, 0.2) is 11.6 Å². The molecule has 3 heteroatoms. The Labute approximate surface area is 70.9 Å². The average molecular weight is 175 g/mol. The first-order valence-electron chi connectivity index (χ1n) is 3.68. The molecule has 0 aromatic carbocycles. The Kier molecular flexibility index (Phi) is 2.68. The van der Waals surface area contributed by atoms with E-state index in [1.807, 2.05) is 0 Å². The lowest BCUT2D eigenvalue weighted by Gasteiger charge is -2.27. The van der Waals surface area contributed by atoms with E-state index in [4.69, 9.17) is 16.7 Å². The number of hydrogen-bond acceptors (Lipinski definition) is 2. The van der Waals surface area contributed by atoms with Gasteiger partial charge in [-0.25, -0.2) is 0 Å². The molecule has 1 rings (SSSR count). The molecule has 1 N–H and O–H groups in total. The minimum Gasteiger partial charge on any atom is -0.394 e. The van der Waals surface area contributed by atoms with Crippen molar-refractivity contribution in [3.8, 4) is 0 Å². The van der Waals surface area contributed by atoms with E-state index in [1.165, 1.54) is 0 Å². The number of carbonyl (C=O) groups is 1. The molecule has 1 aliphatic rings. The van der Waals surface area contributed by atoms with Gasteiger partial charge in [-0.2, -0.15) is 0 Å². The molecule has 0 aromatic heterocycles. The van der Waals surface area contributed by atoms with Crippen molar-refractivity contribution in [2.24, 2.45) is 0 Å². The van der Waals surface area contributed by atoms with Crippen LogP contribution >= 0.6 is 11.6 Å². The van der Waals surface area contributed by atoms with E-state index < -0.39 is 4.87 Å². The number of aliphatic hydroxyl groups excluding tert-OH is 1. The van der Waals surface area contributed by atoms with Crippen molar-refractivity contribution in [1.29, 1.82) is 0 Å². The van der Waals surface area contributed by atoms with E-state index in [2.05, 4.69) is 0 Å². The van der Waals surface area contributed by atoms with Gasteiger partial charge in [0.1, 0.15) is 6.29 Å². The number of rotatable bonds is 2. The van der Waals surface area contributed by atoms with Gasteiger partial charge < -0.3 is 5.11 Å². The van der Waals surface area contributed by atoms with Gasteiger partial charge in [-0.15, -0.1) is 11.6 Å². The van der Waals surface area contributed by atoms with Crippen LogP contribution in [-0.4, -0.2) is 22.9 Å². The number of carbonyl (C=O) groups excluding carboxylic acids is 1. The summed E-state index contributed by atoms with van der Waals surface area (Å²) in [5, 5.41) is 8.92. The fraction of sp³-hybridized carbons (Fsp3) is 0.625. The molecule has 11 heavy (non-hydrogen) atoms. The molecule has 0 heterocycles. The smallest absolute Gasteiger partial charge is 0.147 e. The van der Waals surface area contributed by atoms with Crippen molar-refractivity contribution in [1.82, 2.24) is 0 Å². The molecule has 0 saturated carbocycles. The maximum Gasteiger partial charge on any atom is 0.147 e. The maximum absolute atomic E-state index is 10.5. The first-order valence-corrected chi connectivity index (χ1v) is 4.06. The SMILES string of the molecule is O=CC1=CCCCC1(Cl)CO. The first-order chi connectivity index (χ1) is 5.23. The van der Waals surface area contributed by atoms with Gasteiger partial charge in [-0.1, -0.05) is 6.08 Å². The fourth-order valence-corrected chi connectivity index (χ4v) is 1.55. The van der Waals surface area contributed by atoms with E-state index in [0.717, 1.165) is 19.1 Å². The Hall–Kier alpha value is -0.340. The van der Waals surface area contributed by atoms with Crippen LogP contribution in [0.4, 0.5) is 0 Å². The number of aldehydes is 1. The lowest BCUT2D eigenvalue weighted by atomic mass is 9.88. The van der Waals surface area contributed by atoms with Crippen LogP contribution in [0.25, 0.3) is 0 Å². The van der Waals surface area contributed by atoms with Crippen LogP contribution in [0.3, 0.4) is 0 Å². The predicted octanol–water partition coefficient (Wildman–Crippen LogP) is 1.27. The van der Waals surface area contributed by atoms with E-state index in [0.29, 0.717) is 12.0 Å². The largest absolute Gasteiger partial charge is 0.394 e. The Balaban J connectivity index is 2.84. The summed E-state index contributed by atoms with van der Waals surface area (Å²) in [5.74, 6) is 0. The molecular formula is C8H11ClO2. The summed E-state index contributed by atoms with van der Waals surface area (Å²) in [6, 6.07) is 0. The third-order valence-electron chi connectivity index (χ3n) is 2.04. The lowest BCUT2D eigenvalue weighted by Crippen LogP contribution is -2.31. The molecular weight excluding hydrogens is 164 g/mol. The normalized spacial score (nSPS) is 31.3. The van der Waals surface area contributed by atoms with Gasteiger partial charge in [0.25, 0.3) is 0 Å². The second-order valence-electron chi connectivity index (χ2n) is 2.79. The summed E-state index contributed by atoms with van der Waals surface area (Å²) >= 11 is 5.98. The predicted molar refractivity (Wildman–Crippen MR) is 43.7 cm³/mol. The van der Waals surface area contributed by atoms with Crippen molar-refractivity contribution in [3.05, 3.63) is 11.6 Å². The van der Waals surface area contributed by atoms with E-state index in [-0.39, 0.29) is 6.61 Å². The molecule has 1 atom stereocenters. The molecule has 0 radical (unpaired) electrons. The van der Waals surface area contributed by atoms with Gasteiger partial charge in [0.15, 0.2) is 0 Å². The van der Waals surface area contributed by atoms with Gasteiger partial charge in [0.2, 0.25) is 0 Å². The summed E-state index contributed by atoms with van der Waals surface area (Å²) in [6.07, 6.45) is 5.07. The molecule has 0 fully saturated rings. The zero-order valence-electron chi connectivity index (χ0n) is 6.22. The summed E-state index contributed by atoms with van der Waals surface area (Å²) in [5.41, 5.74) is 0.535. The van der Waals surface area contributed by atoms with E-state index >= 15 is 0 Å². The van der Waals surface area contributed by atoms with Gasteiger partial charge >= 0.3 is 0 Å². The third-order valence-corrected chi connectivity index (χ3v) is 2.56. The molecule has 2 nitrogen and oxygen atoms in total. The summed E-state index contributed by atoms with van der Waals surface area (Å²) < 4.78 is 0. The van der Waals surface area contributed by atoms with Crippen LogP contribution in [0.5, 0.6) is 0 Å². The fourth-order valence-electron chi connectivity index (χ4n) is 1.29. The van der Waals surface area contributed by atoms with E-state index in [1.54, 1.807) is 6.08 Å². The zero-order valence-corrected chi connectivity index (χ0v) is 6.97. The number of alkyl halides is 1. The molecule has 62 valence electrons.